The van der Waals surface area contributed by atoms with Crippen LogP contribution in [0.1, 0.15) is 23.1 Å². The highest BCUT2D eigenvalue weighted by atomic mass is 16.5. The Balaban J connectivity index is 1.62. The van der Waals surface area contributed by atoms with Crippen LogP contribution in [-0.2, 0) is 4.79 Å². The van der Waals surface area contributed by atoms with E-state index in [1.54, 1.807) is 18.2 Å². The predicted molar refractivity (Wildman–Crippen MR) is 101 cm³/mol. The zero-order valence-electron chi connectivity index (χ0n) is 14.3. The maximum absolute atomic E-state index is 10.5. The molecule has 0 spiro atoms. The third-order valence-corrected chi connectivity index (χ3v) is 4.49. The highest BCUT2D eigenvalue weighted by Gasteiger charge is 2.14. The van der Waals surface area contributed by atoms with Crippen molar-refractivity contribution in [1.29, 1.82) is 5.26 Å². The summed E-state index contributed by atoms with van der Waals surface area (Å²) in [6, 6.07) is 14.9. The first-order valence-electron chi connectivity index (χ1n) is 8.42. The number of rotatable bonds is 5. The van der Waals surface area contributed by atoms with Gasteiger partial charge in [-0.15, -0.1) is 0 Å². The van der Waals surface area contributed by atoms with Crippen molar-refractivity contribution in [3.63, 3.8) is 0 Å². The van der Waals surface area contributed by atoms with Gasteiger partial charge >= 0.3 is 0 Å². The lowest BCUT2D eigenvalue weighted by atomic mass is 10.0. The Kier molecular flexibility index (Phi) is 4.23. The first kappa shape index (κ1) is 16.7. The lowest BCUT2D eigenvalue weighted by Gasteiger charge is -2.08. The van der Waals surface area contributed by atoms with Crippen molar-refractivity contribution in [1.82, 2.24) is 0 Å². The molecule has 1 aliphatic rings. The largest absolute Gasteiger partial charge is 0.485 e. The molecule has 5 heteroatoms. The van der Waals surface area contributed by atoms with Crippen LogP contribution in [0, 0.1) is 11.3 Å². The Labute approximate surface area is 155 Å². The third-order valence-electron chi connectivity index (χ3n) is 4.49. The fraction of sp³-hybridized carbons (Fsp3) is 0.0909. The van der Waals surface area contributed by atoms with Crippen molar-refractivity contribution in [2.24, 2.45) is 0 Å². The predicted octanol–water partition coefficient (Wildman–Crippen LogP) is 4.46. The number of nitrogens with zero attached hydrogens (tertiary/aromatic N) is 1. The van der Waals surface area contributed by atoms with Crippen molar-refractivity contribution in [3.05, 3.63) is 71.3 Å². The second-order valence-electron chi connectivity index (χ2n) is 6.17. The molecule has 4 rings (SSSR count). The molecule has 1 heterocycles. The quantitative estimate of drug-likeness (QED) is 0.682. The van der Waals surface area contributed by atoms with Gasteiger partial charge in [-0.05, 0) is 53.0 Å². The van der Waals surface area contributed by atoms with E-state index in [2.05, 4.69) is 18.2 Å². The van der Waals surface area contributed by atoms with Crippen LogP contribution in [0.5, 0.6) is 11.7 Å². The van der Waals surface area contributed by atoms with Crippen molar-refractivity contribution in [3.8, 4) is 17.8 Å². The number of nitriles is 1. The smallest absolute Gasteiger partial charge is 0.282 e. The highest BCUT2D eigenvalue weighted by molar-refractivity contribution is 5.92. The fourth-order valence-corrected chi connectivity index (χ4v) is 3.20. The molecule has 0 fully saturated rings. The average molecular weight is 357 g/mol. The molecule has 132 valence electrons. The van der Waals surface area contributed by atoms with Gasteiger partial charge in [-0.3, -0.25) is 4.79 Å². The number of carbonyl (C=O) groups is 1. The van der Waals surface area contributed by atoms with Crippen LogP contribution < -0.4 is 4.74 Å². The number of furan rings is 1. The molecule has 0 aliphatic heterocycles. The number of allylic oxidation sites excluding steroid dienone is 4. The summed E-state index contributed by atoms with van der Waals surface area (Å²) in [5, 5.41) is 19.7. The summed E-state index contributed by atoms with van der Waals surface area (Å²) in [4.78, 5) is 10.5. The molecule has 0 unspecified atom stereocenters. The SMILES string of the molecule is N#Cc1cc(C2=CC(c3ccc4oc(O)cc4c3)=CC2)ccc1OCC=O. The monoisotopic (exact) mass is 357 g/mol. The number of aldehydes is 1. The van der Waals surface area contributed by atoms with E-state index in [-0.39, 0.29) is 12.6 Å². The van der Waals surface area contributed by atoms with E-state index in [4.69, 9.17) is 9.15 Å². The Morgan fingerprint density at radius 1 is 1.19 bits per heavy atom. The summed E-state index contributed by atoms with van der Waals surface area (Å²) in [6.45, 7) is -0.0749. The van der Waals surface area contributed by atoms with Gasteiger partial charge in [-0.1, -0.05) is 24.3 Å². The minimum Gasteiger partial charge on any atom is -0.485 e. The molecule has 1 aromatic heterocycles. The first-order chi connectivity index (χ1) is 13.2. The first-order valence-corrected chi connectivity index (χ1v) is 8.42. The number of ether oxygens (including phenoxy) is 1. The molecule has 3 aromatic rings. The van der Waals surface area contributed by atoms with Crippen LogP contribution in [0.2, 0.25) is 0 Å². The Morgan fingerprint density at radius 3 is 2.85 bits per heavy atom. The Hall–Kier alpha value is -3.78. The number of fused-ring (bicyclic) bond motifs is 1. The maximum atomic E-state index is 10.5. The third kappa shape index (κ3) is 3.21. The molecular formula is C22H15NO4. The van der Waals surface area contributed by atoms with Gasteiger partial charge in [0, 0.05) is 11.5 Å². The molecule has 0 atom stereocenters. The van der Waals surface area contributed by atoms with E-state index in [0.29, 0.717) is 23.2 Å². The topological polar surface area (TPSA) is 83.5 Å². The van der Waals surface area contributed by atoms with Crippen LogP contribution in [0.15, 0.2) is 59.0 Å². The van der Waals surface area contributed by atoms with Gasteiger partial charge < -0.3 is 14.3 Å². The van der Waals surface area contributed by atoms with Crippen molar-refractivity contribution < 1.29 is 19.1 Å². The molecule has 1 N–H and O–H groups in total. The summed E-state index contributed by atoms with van der Waals surface area (Å²) in [6.07, 6.45) is 5.62. The molecule has 0 saturated heterocycles. The van der Waals surface area contributed by atoms with Crippen LogP contribution >= 0.6 is 0 Å². The number of aromatic hydroxyl groups is 1. The molecule has 0 saturated carbocycles. The minimum atomic E-state index is -0.0975. The minimum absolute atomic E-state index is 0.0749. The van der Waals surface area contributed by atoms with Crippen LogP contribution in [0.4, 0.5) is 0 Å². The number of carbonyl (C=O) groups excluding carboxylic acids is 1. The van der Waals surface area contributed by atoms with E-state index in [1.165, 1.54) is 0 Å². The summed E-state index contributed by atoms with van der Waals surface area (Å²) in [7, 11) is 0. The molecule has 27 heavy (non-hydrogen) atoms. The average Bonchev–Trinajstić information content (AvgIpc) is 3.31. The van der Waals surface area contributed by atoms with Gasteiger partial charge in [0.15, 0.2) is 6.29 Å². The Bertz CT molecular complexity index is 1140. The van der Waals surface area contributed by atoms with Crippen LogP contribution in [-0.4, -0.2) is 18.0 Å². The van der Waals surface area contributed by atoms with Gasteiger partial charge in [-0.25, -0.2) is 0 Å². The van der Waals surface area contributed by atoms with E-state index in [9.17, 15) is 15.2 Å². The number of hydrogen-bond donors (Lipinski definition) is 1. The standard InChI is InChI=1S/C22H15NO4/c23-13-19-11-17(3-5-20(19)26-8-7-24)15-2-1-14(9-15)16-4-6-21-18(10-16)12-22(25)27-21/h1,3-7,9-12,25H,2,8H2. The lowest BCUT2D eigenvalue weighted by Crippen LogP contribution is -2.00. The number of benzene rings is 2. The highest BCUT2D eigenvalue weighted by Crippen LogP contribution is 2.35. The van der Waals surface area contributed by atoms with Crippen molar-refractivity contribution >= 4 is 28.4 Å². The molecule has 0 radical (unpaired) electrons. The summed E-state index contributed by atoms with van der Waals surface area (Å²) < 4.78 is 10.5. The lowest BCUT2D eigenvalue weighted by molar-refractivity contribution is -0.109. The molecular weight excluding hydrogens is 342 g/mol. The van der Waals surface area contributed by atoms with Gasteiger partial charge in [0.25, 0.3) is 5.95 Å². The van der Waals surface area contributed by atoms with Crippen LogP contribution in [0.25, 0.3) is 22.1 Å². The molecule has 2 aromatic carbocycles. The van der Waals surface area contributed by atoms with Gasteiger partial charge in [0.1, 0.15) is 24.0 Å². The summed E-state index contributed by atoms with van der Waals surface area (Å²) >= 11 is 0. The summed E-state index contributed by atoms with van der Waals surface area (Å²) in [5.74, 6) is 0.310. The zero-order valence-corrected chi connectivity index (χ0v) is 14.3. The molecule has 5 nitrogen and oxygen atoms in total. The van der Waals surface area contributed by atoms with E-state index < -0.39 is 0 Å². The van der Waals surface area contributed by atoms with Gasteiger partial charge in [-0.2, -0.15) is 5.26 Å². The van der Waals surface area contributed by atoms with Crippen LogP contribution in [0.3, 0.4) is 0 Å². The van der Waals surface area contributed by atoms with E-state index >= 15 is 0 Å². The van der Waals surface area contributed by atoms with Gasteiger partial charge in [0.05, 0.1) is 5.56 Å². The maximum Gasteiger partial charge on any atom is 0.282 e. The fourth-order valence-electron chi connectivity index (χ4n) is 3.20. The van der Waals surface area contributed by atoms with E-state index in [1.807, 2.05) is 24.3 Å². The molecule has 0 amide bonds. The summed E-state index contributed by atoms with van der Waals surface area (Å²) in [5.41, 5.74) is 5.19. The second-order valence-corrected chi connectivity index (χ2v) is 6.17. The normalized spacial score (nSPS) is 13.1. The zero-order chi connectivity index (χ0) is 18.8. The molecule has 1 aliphatic carbocycles. The number of hydrogen-bond acceptors (Lipinski definition) is 5. The second kappa shape index (κ2) is 6.85. The van der Waals surface area contributed by atoms with Crippen molar-refractivity contribution in [2.75, 3.05) is 6.61 Å². The Morgan fingerprint density at radius 2 is 2.04 bits per heavy atom. The molecule has 0 bridgehead atoms. The van der Waals surface area contributed by atoms with Gasteiger partial charge in [0.2, 0.25) is 0 Å². The van der Waals surface area contributed by atoms with Crippen molar-refractivity contribution in [2.45, 2.75) is 6.42 Å². The van der Waals surface area contributed by atoms with E-state index in [0.717, 1.165) is 34.1 Å².